The van der Waals surface area contributed by atoms with Gasteiger partial charge in [0.05, 0.1) is 18.6 Å². The van der Waals surface area contributed by atoms with Crippen LogP contribution in [0.15, 0.2) is 0 Å². The zero-order valence-electron chi connectivity index (χ0n) is 9.26. The number of nitrogens with one attached hydrogen (secondary N) is 1. The Morgan fingerprint density at radius 2 is 2.19 bits per heavy atom. The van der Waals surface area contributed by atoms with E-state index >= 15 is 0 Å². The molecule has 0 aromatic heterocycles. The van der Waals surface area contributed by atoms with Gasteiger partial charge in [-0.15, -0.1) is 0 Å². The second kappa shape index (κ2) is 5.05. The Morgan fingerprint density at radius 1 is 1.56 bits per heavy atom. The van der Waals surface area contributed by atoms with Crippen molar-refractivity contribution < 1.29 is 23.4 Å². The Morgan fingerprint density at radius 3 is 2.56 bits per heavy atom. The Kier molecular flexibility index (Phi) is 4.21. The van der Waals surface area contributed by atoms with Gasteiger partial charge in [0.1, 0.15) is 6.61 Å². The molecule has 0 unspecified atom stereocenters. The van der Waals surface area contributed by atoms with E-state index in [9.17, 15) is 13.6 Å². The van der Waals surface area contributed by atoms with Gasteiger partial charge in [-0.05, 0) is 19.3 Å². The van der Waals surface area contributed by atoms with Gasteiger partial charge in [-0.25, -0.2) is 8.78 Å². The number of aliphatic hydroxyl groups excluding tert-OH is 1. The van der Waals surface area contributed by atoms with E-state index in [0.29, 0.717) is 0 Å². The van der Waals surface area contributed by atoms with Crippen molar-refractivity contribution in [3.05, 3.63) is 0 Å². The topological polar surface area (TPSA) is 58.6 Å². The largest absolute Gasteiger partial charge is 0.390 e. The summed E-state index contributed by atoms with van der Waals surface area (Å²) in [7, 11) is 1.52. The van der Waals surface area contributed by atoms with Crippen LogP contribution in [0.4, 0.5) is 8.78 Å². The summed E-state index contributed by atoms with van der Waals surface area (Å²) < 4.78 is 30.5. The van der Waals surface area contributed by atoms with Crippen LogP contribution in [0, 0.1) is 0 Å². The van der Waals surface area contributed by atoms with Crippen molar-refractivity contribution in [1.29, 1.82) is 0 Å². The van der Waals surface area contributed by atoms with E-state index in [1.54, 1.807) is 0 Å². The highest BCUT2D eigenvalue weighted by Crippen LogP contribution is 2.37. The fourth-order valence-corrected chi connectivity index (χ4v) is 1.66. The number of carbonyl (C=O) groups is 1. The monoisotopic (exact) mass is 237 g/mol. The molecule has 1 aliphatic carbocycles. The van der Waals surface area contributed by atoms with Crippen molar-refractivity contribution in [2.45, 2.75) is 37.2 Å². The normalized spacial score (nSPS) is 19.0. The SMILES string of the molecule is COC1(CC(=O)NCC(F)(F)CO)CCC1. The summed E-state index contributed by atoms with van der Waals surface area (Å²) in [5, 5.41) is 10.4. The van der Waals surface area contributed by atoms with E-state index in [2.05, 4.69) is 5.32 Å². The van der Waals surface area contributed by atoms with Crippen molar-refractivity contribution in [3.8, 4) is 0 Å². The van der Waals surface area contributed by atoms with E-state index in [-0.39, 0.29) is 6.42 Å². The van der Waals surface area contributed by atoms with E-state index in [4.69, 9.17) is 9.84 Å². The minimum atomic E-state index is -3.25. The summed E-state index contributed by atoms with van der Waals surface area (Å²) in [6.45, 7) is -2.09. The molecule has 1 fully saturated rings. The summed E-state index contributed by atoms with van der Waals surface area (Å²) in [5.74, 6) is -3.72. The Balaban J connectivity index is 2.31. The highest BCUT2D eigenvalue weighted by Gasteiger charge is 2.39. The third kappa shape index (κ3) is 3.38. The van der Waals surface area contributed by atoms with Gasteiger partial charge in [0.25, 0.3) is 5.92 Å². The molecule has 0 aliphatic heterocycles. The van der Waals surface area contributed by atoms with E-state index in [1.807, 2.05) is 0 Å². The number of aliphatic hydroxyl groups is 1. The first kappa shape index (κ1) is 13.3. The lowest BCUT2D eigenvalue weighted by Gasteiger charge is -2.40. The molecule has 94 valence electrons. The Bertz CT molecular complexity index is 249. The first-order chi connectivity index (χ1) is 7.43. The molecular formula is C10H17F2NO3. The summed E-state index contributed by atoms with van der Waals surface area (Å²) in [5.41, 5.74) is -0.460. The zero-order valence-corrected chi connectivity index (χ0v) is 9.26. The number of rotatable bonds is 6. The van der Waals surface area contributed by atoms with E-state index in [1.165, 1.54) is 7.11 Å². The first-order valence-corrected chi connectivity index (χ1v) is 5.24. The van der Waals surface area contributed by atoms with Crippen molar-refractivity contribution >= 4 is 5.91 Å². The number of hydrogen-bond donors (Lipinski definition) is 2. The van der Waals surface area contributed by atoms with Gasteiger partial charge in [0, 0.05) is 7.11 Å². The number of amides is 1. The van der Waals surface area contributed by atoms with Crippen LogP contribution < -0.4 is 5.32 Å². The predicted molar refractivity (Wildman–Crippen MR) is 53.3 cm³/mol. The lowest BCUT2D eigenvalue weighted by Crippen LogP contribution is -2.46. The fourth-order valence-electron chi connectivity index (χ4n) is 1.66. The van der Waals surface area contributed by atoms with Gasteiger partial charge in [-0.1, -0.05) is 0 Å². The number of halogens is 2. The molecule has 1 amide bonds. The van der Waals surface area contributed by atoms with Crippen LogP contribution in [0.3, 0.4) is 0 Å². The molecular weight excluding hydrogens is 220 g/mol. The van der Waals surface area contributed by atoms with Crippen LogP contribution in [-0.2, 0) is 9.53 Å². The standard InChI is InChI=1S/C10H17F2NO3/c1-16-9(3-2-4-9)5-8(15)13-6-10(11,12)7-14/h14H,2-7H2,1H3,(H,13,15). The van der Waals surface area contributed by atoms with Crippen LogP contribution in [0.2, 0.25) is 0 Å². The third-order valence-corrected chi connectivity index (χ3v) is 2.96. The smallest absolute Gasteiger partial charge is 0.287 e. The quantitative estimate of drug-likeness (QED) is 0.714. The number of alkyl halides is 2. The molecule has 0 aromatic rings. The Hall–Kier alpha value is -0.750. The third-order valence-electron chi connectivity index (χ3n) is 2.96. The summed E-state index contributed by atoms with van der Waals surface area (Å²) in [6, 6.07) is 0. The van der Waals surface area contributed by atoms with Gasteiger partial charge >= 0.3 is 0 Å². The number of methoxy groups -OCH3 is 1. The molecule has 2 N–H and O–H groups in total. The molecule has 16 heavy (non-hydrogen) atoms. The first-order valence-electron chi connectivity index (χ1n) is 5.24. The lowest BCUT2D eigenvalue weighted by atomic mass is 9.77. The van der Waals surface area contributed by atoms with Crippen LogP contribution >= 0.6 is 0 Å². The number of carbonyl (C=O) groups excluding carboxylic acids is 1. The molecule has 6 heteroatoms. The zero-order chi connectivity index (χ0) is 12.2. The number of hydrogen-bond acceptors (Lipinski definition) is 3. The molecule has 1 aliphatic rings. The summed E-state index contributed by atoms with van der Waals surface area (Å²) in [4.78, 5) is 11.4. The molecule has 4 nitrogen and oxygen atoms in total. The van der Waals surface area contributed by atoms with Crippen LogP contribution in [-0.4, -0.2) is 42.8 Å². The van der Waals surface area contributed by atoms with Crippen LogP contribution in [0.1, 0.15) is 25.7 Å². The summed E-state index contributed by atoms with van der Waals surface area (Å²) >= 11 is 0. The minimum absolute atomic E-state index is 0.102. The molecule has 0 radical (unpaired) electrons. The van der Waals surface area contributed by atoms with Crippen LogP contribution in [0.25, 0.3) is 0 Å². The minimum Gasteiger partial charge on any atom is -0.390 e. The second-order valence-corrected chi connectivity index (χ2v) is 4.21. The number of ether oxygens (including phenoxy) is 1. The molecule has 0 bridgehead atoms. The molecule has 0 aromatic carbocycles. The van der Waals surface area contributed by atoms with Gasteiger partial charge in [0.2, 0.25) is 5.91 Å². The molecule has 0 saturated heterocycles. The van der Waals surface area contributed by atoms with Gasteiger partial charge in [-0.3, -0.25) is 4.79 Å². The van der Waals surface area contributed by atoms with E-state index in [0.717, 1.165) is 19.3 Å². The van der Waals surface area contributed by atoms with E-state index < -0.39 is 30.6 Å². The van der Waals surface area contributed by atoms with Crippen molar-refractivity contribution in [2.24, 2.45) is 0 Å². The van der Waals surface area contributed by atoms with Crippen LogP contribution in [0.5, 0.6) is 0 Å². The highest BCUT2D eigenvalue weighted by atomic mass is 19.3. The molecule has 0 spiro atoms. The molecule has 0 atom stereocenters. The highest BCUT2D eigenvalue weighted by molar-refractivity contribution is 5.77. The molecule has 1 rings (SSSR count). The molecule has 0 heterocycles. The van der Waals surface area contributed by atoms with Crippen molar-refractivity contribution in [1.82, 2.24) is 5.32 Å². The summed E-state index contributed by atoms with van der Waals surface area (Å²) in [6.07, 6.45) is 2.67. The van der Waals surface area contributed by atoms with Crippen molar-refractivity contribution in [2.75, 3.05) is 20.3 Å². The lowest BCUT2D eigenvalue weighted by molar-refractivity contribution is -0.136. The molecule has 1 saturated carbocycles. The average molecular weight is 237 g/mol. The predicted octanol–water partition coefficient (Wildman–Crippen LogP) is 0.689. The second-order valence-electron chi connectivity index (χ2n) is 4.21. The van der Waals surface area contributed by atoms with Gasteiger partial charge in [-0.2, -0.15) is 0 Å². The van der Waals surface area contributed by atoms with Gasteiger partial charge in [0.15, 0.2) is 0 Å². The fraction of sp³-hybridized carbons (Fsp3) is 0.900. The maximum atomic E-state index is 12.6. The van der Waals surface area contributed by atoms with Gasteiger partial charge < -0.3 is 15.2 Å². The average Bonchev–Trinajstić information content (AvgIpc) is 2.21. The maximum Gasteiger partial charge on any atom is 0.287 e. The Labute approximate surface area is 93.0 Å². The van der Waals surface area contributed by atoms with Crippen molar-refractivity contribution in [3.63, 3.8) is 0 Å². The maximum absolute atomic E-state index is 12.6.